The van der Waals surface area contributed by atoms with Crippen molar-refractivity contribution in [1.82, 2.24) is 0 Å². The van der Waals surface area contributed by atoms with Gasteiger partial charge in [-0.15, -0.1) is 0 Å². The average molecular weight is 440 g/mol. The maximum absolute atomic E-state index is 13.7. The lowest BCUT2D eigenvalue weighted by atomic mass is 9.99. The second kappa shape index (κ2) is 7.81. The van der Waals surface area contributed by atoms with Crippen LogP contribution in [0.3, 0.4) is 0 Å². The van der Waals surface area contributed by atoms with Gasteiger partial charge in [-0.3, -0.25) is 9.59 Å². The lowest BCUT2D eigenvalue weighted by molar-refractivity contribution is -0.120. The number of carbonyl (C=O) groups excluding carboxylic acids is 2. The lowest BCUT2D eigenvalue weighted by Crippen LogP contribution is -2.33. The molecule has 0 spiro atoms. The fourth-order valence-corrected chi connectivity index (χ4v) is 4.11. The number of nitrogens with one attached hydrogen (secondary N) is 1. The molecule has 3 aromatic carbocycles. The SMILES string of the molecule is Cc1ccc(C)c(N2C(=O)C(Nc3ccc4c(c3)OCO4)=C(c3ccc(C)c(C)c3)C2=O)c1. The van der Waals surface area contributed by atoms with Crippen molar-refractivity contribution in [2.24, 2.45) is 0 Å². The summed E-state index contributed by atoms with van der Waals surface area (Å²) in [6, 6.07) is 16.9. The molecule has 0 radical (unpaired) electrons. The Labute approximate surface area is 192 Å². The third kappa shape index (κ3) is 3.53. The van der Waals surface area contributed by atoms with Gasteiger partial charge < -0.3 is 14.8 Å². The fraction of sp³-hybridized carbons (Fsp3) is 0.185. The first-order valence-corrected chi connectivity index (χ1v) is 10.8. The number of imide groups is 1. The van der Waals surface area contributed by atoms with E-state index in [0.717, 1.165) is 22.3 Å². The van der Waals surface area contributed by atoms with Gasteiger partial charge >= 0.3 is 0 Å². The molecule has 1 N–H and O–H groups in total. The average Bonchev–Trinajstić information content (AvgIpc) is 3.34. The van der Waals surface area contributed by atoms with Gasteiger partial charge in [0.05, 0.1) is 11.3 Å². The number of benzene rings is 3. The Kier molecular flexibility index (Phi) is 4.93. The van der Waals surface area contributed by atoms with Crippen LogP contribution in [-0.4, -0.2) is 18.6 Å². The van der Waals surface area contributed by atoms with Gasteiger partial charge in [-0.2, -0.15) is 0 Å². The Morgan fingerprint density at radius 2 is 1.52 bits per heavy atom. The lowest BCUT2D eigenvalue weighted by Gasteiger charge is -2.18. The molecule has 0 unspecified atom stereocenters. The first-order chi connectivity index (χ1) is 15.8. The second-order valence-corrected chi connectivity index (χ2v) is 8.48. The zero-order valence-electron chi connectivity index (χ0n) is 19.0. The van der Waals surface area contributed by atoms with E-state index in [-0.39, 0.29) is 24.3 Å². The van der Waals surface area contributed by atoms with Gasteiger partial charge in [0.1, 0.15) is 5.70 Å². The van der Waals surface area contributed by atoms with E-state index < -0.39 is 0 Å². The summed E-state index contributed by atoms with van der Waals surface area (Å²) in [5.74, 6) is 0.506. The monoisotopic (exact) mass is 440 g/mol. The molecule has 2 amide bonds. The van der Waals surface area contributed by atoms with E-state index in [2.05, 4.69) is 5.32 Å². The summed E-state index contributed by atoms with van der Waals surface area (Å²) in [6.45, 7) is 8.01. The molecule has 0 aliphatic carbocycles. The smallest absolute Gasteiger partial charge is 0.282 e. The van der Waals surface area contributed by atoms with Crippen LogP contribution >= 0.6 is 0 Å². The van der Waals surface area contributed by atoms with Crippen LogP contribution in [0.1, 0.15) is 27.8 Å². The van der Waals surface area contributed by atoms with E-state index in [1.165, 1.54) is 4.90 Å². The number of hydrogen-bond donors (Lipinski definition) is 1. The molecule has 0 saturated carbocycles. The minimum atomic E-state index is -0.389. The molecule has 3 aromatic rings. The number of hydrogen-bond acceptors (Lipinski definition) is 5. The summed E-state index contributed by atoms with van der Waals surface area (Å²) in [5.41, 5.74) is 6.51. The second-order valence-electron chi connectivity index (χ2n) is 8.48. The van der Waals surface area contributed by atoms with E-state index in [1.807, 2.05) is 64.1 Å². The van der Waals surface area contributed by atoms with Crippen LogP contribution in [0.25, 0.3) is 5.57 Å². The molecule has 0 saturated heterocycles. The minimum absolute atomic E-state index is 0.160. The molecule has 0 aromatic heterocycles. The Bertz CT molecular complexity index is 1360. The first kappa shape index (κ1) is 20.8. The number of ether oxygens (including phenoxy) is 2. The van der Waals surface area contributed by atoms with Crippen molar-refractivity contribution in [2.75, 3.05) is 17.0 Å². The topological polar surface area (TPSA) is 67.9 Å². The molecule has 33 heavy (non-hydrogen) atoms. The number of carbonyl (C=O) groups is 2. The number of aryl methyl sites for hydroxylation is 4. The normalized spacial score (nSPS) is 15.0. The third-order valence-electron chi connectivity index (χ3n) is 6.13. The van der Waals surface area contributed by atoms with E-state index in [1.54, 1.807) is 18.2 Å². The van der Waals surface area contributed by atoms with Gasteiger partial charge in [-0.05, 0) is 73.7 Å². The van der Waals surface area contributed by atoms with Gasteiger partial charge in [0.25, 0.3) is 11.8 Å². The van der Waals surface area contributed by atoms with Gasteiger partial charge in [-0.1, -0.05) is 30.3 Å². The van der Waals surface area contributed by atoms with Crippen LogP contribution in [0.15, 0.2) is 60.3 Å². The molecule has 6 nitrogen and oxygen atoms in total. The maximum Gasteiger partial charge on any atom is 0.282 e. The van der Waals surface area contributed by atoms with Crippen molar-refractivity contribution < 1.29 is 19.1 Å². The van der Waals surface area contributed by atoms with Crippen LogP contribution < -0.4 is 19.7 Å². The van der Waals surface area contributed by atoms with Crippen molar-refractivity contribution >= 4 is 28.8 Å². The fourth-order valence-electron chi connectivity index (χ4n) is 4.11. The molecule has 0 fully saturated rings. The van der Waals surface area contributed by atoms with Crippen molar-refractivity contribution in [3.63, 3.8) is 0 Å². The van der Waals surface area contributed by atoms with E-state index in [4.69, 9.17) is 9.47 Å². The zero-order chi connectivity index (χ0) is 23.3. The molecule has 0 atom stereocenters. The molecule has 2 aliphatic heterocycles. The number of anilines is 2. The molecule has 0 bridgehead atoms. The minimum Gasteiger partial charge on any atom is -0.454 e. The number of fused-ring (bicyclic) bond motifs is 1. The van der Waals surface area contributed by atoms with Gasteiger partial charge in [0, 0.05) is 11.8 Å². The third-order valence-corrected chi connectivity index (χ3v) is 6.13. The van der Waals surface area contributed by atoms with E-state index in [0.29, 0.717) is 34.0 Å². The Morgan fingerprint density at radius 3 is 2.30 bits per heavy atom. The maximum atomic E-state index is 13.7. The van der Waals surface area contributed by atoms with Gasteiger partial charge in [0.15, 0.2) is 11.5 Å². The van der Waals surface area contributed by atoms with E-state index >= 15 is 0 Å². The quantitative estimate of drug-likeness (QED) is 0.576. The molecule has 5 rings (SSSR count). The van der Waals surface area contributed by atoms with Crippen LogP contribution in [0.2, 0.25) is 0 Å². The predicted octanol–water partition coefficient (Wildman–Crippen LogP) is 5.05. The number of amides is 2. The van der Waals surface area contributed by atoms with Crippen LogP contribution in [0.4, 0.5) is 11.4 Å². The van der Waals surface area contributed by atoms with Crippen molar-refractivity contribution in [2.45, 2.75) is 27.7 Å². The van der Waals surface area contributed by atoms with Crippen molar-refractivity contribution in [3.05, 3.63) is 88.1 Å². The molecule has 2 heterocycles. The zero-order valence-corrected chi connectivity index (χ0v) is 19.0. The number of rotatable bonds is 4. The van der Waals surface area contributed by atoms with Gasteiger partial charge in [0.2, 0.25) is 6.79 Å². The Morgan fingerprint density at radius 1 is 0.758 bits per heavy atom. The van der Waals surface area contributed by atoms with Crippen LogP contribution in [0, 0.1) is 27.7 Å². The summed E-state index contributed by atoms with van der Waals surface area (Å²) in [4.78, 5) is 28.7. The highest BCUT2D eigenvalue weighted by Gasteiger charge is 2.41. The Balaban J connectivity index is 1.63. The summed E-state index contributed by atoms with van der Waals surface area (Å²) >= 11 is 0. The standard InChI is InChI=1S/C27H24N2O4/c1-15-5-6-17(3)21(11-15)29-26(30)24(19-8-7-16(2)18(4)12-19)25(27(29)31)28-20-9-10-22-23(13-20)33-14-32-22/h5-13,28H,14H2,1-4H3. The first-order valence-electron chi connectivity index (χ1n) is 10.8. The highest BCUT2D eigenvalue weighted by atomic mass is 16.7. The molecule has 2 aliphatic rings. The van der Waals surface area contributed by atoms with Crippen molar-refractivity contribution in [3.8, 4) is 11.5 Å². The molecule has 166 valence electrons. The van der Waals surface area contributed by atoms with Crippen molar-refractivity contribution in [1.29, 1.82) is 0 Å². The van der Waals surface area contributed by atoms with Gasteiger partial charge in [-0.25, -0.2) is 4.90 Å². The summed E-state index contributed by atoms with van der Waals surface area (Å²) in [6.07, 6.45) is 0. The summed E-state index contributed by atoms with van der Waals surface area (Å²) < 4.78 is 10.9. The number of nitrogens with zero attached hydrogens (tertiary/aromatic N) is 1. The highest BCUT2D eigenvalue weighted by Crippen LogP contribution is 2.38. The largest absolute Gasteiger partial charge is 0.454 e. The molecular formula is C27H24N2O4. The van der Waals surface area contributed by atoms with Crippen LogP contribution in [0.5, 0.6) is 11.5 Å². The van der Waals surface area contributed by atoms with Crippen LogP contribution in [-0.2, 0) is 9.59 Å². The molecule has 6 heteroatoms. The predicted molar refractivity (Wildman–Crippen MR) is 127 cm³/mol. The van der Waals surface area contributed by atoms with E-state index in [9.17, 15) is 9.59 Å². The highest BCUT2D eigenvalue weighted by molar-refractivity contribution is 6.46. The Hall–Kier alpha value is -4.06. The summed E-state index contributed by atoms with van der Waals surface area (Å²) in [5, 5.41) is 3.20. The molecular weight excluding hydrogens is 416 g/mol. The summed E-state index contributed by atoms with van der Waals surface area (Å²) in [7, 11) is 0.